The van der Waals surface area contributed by atoms with Crippen molar-refractivity contribution < 1.29 is 23.4 Å². The van der Waals surface area contributed by atoms with Crippen molar-refractivity contribution in [1.82, 2.24) is 4.57 Å². The zero-order valence-electron chi connectivity index (χ0n) is 15.9. The van der Waals surface area contributed by atoms with Crippen molar-refractivity contribution in [3.05, 3.63) is 89.5 Å². The lowest BCUT2D eigenvalue weighted by Gasteiger charge is -2.10. The maximum Gasteiger partial charge on any atom is 0.343 e. The van der Waals surface area contributed by atoms with E-state index < -0.39 is 5.97 Å². The van der Waals surface area contributed by atoms with Gasteiger partial charge in [0.15, 0.2) is 0 Å². The number of benzene rings is 2. The first-order valence-corrected chi connectivity index (χ1v) is 8.91. The van der Waals surface area contributed by atoms with Crippen LogP contribution in [0.25, 0.3) is 17.5 Å². The smallest absolute Gasteiger partial charge is 0.343 e. The Morgan fingerprint density at radius 3 is 2.62 bits per heavy atom. The summed E-state index contributed by atoms with van der Waals surface area (Å²) in [6, 6.07) is 15.3. The van der Waals surface area contributed by atoms with E-state index in [0.29, 0.717) is 39.8 Å². The Morgan fingerprint density at radius 1 is 1.03 bits per heavy atom. The number of carbonyl (C=O) groups is 1. The van der Waals surface area contributed by atoms with Gasteiger partial charge in [-0.15, -0.1) is 0 Å². The molecule has 1 aliphatic heterocycles. The van der Waals surface area contributed by atoms with Crippen LogP contribution < -0.4 is 9.47 Å². The van der Waals surface area contributed by atoms with Crippen molar-refractivity contribution in [1.29, 1.82) is 0 Å². The number of para-hydroxylation sites is 1. The van der Waals surface area contributed by atoms with E-state index in [2.05, 4.69) is 0 Å². The van der Waals surface area contributed by atoms with E-state index in [1.54, 1.807) is 78.6 Å². The summed E-state index contributed by atoms with van der Waals surface area (Å²) in [5.41, 5.74) is 2.04. The molecule has 0 N–H and O–H groups in total. The second-order valence-corrected chi connectivity index (χ2v) is 6.32. The van der Waals surface area contributed by atoms with Crippen LogP contribution in [0, 0.1) is 5.82 Å². The average Bonchev–Trinajstić information content (AvgIpc) is 3.34. The standard InChI is InChI=1S/C23H18FNO4/c1-27-17-9-10-18(21(14-17)28-2)22-13-15(23(26)29-22)12-16-6-5-11-25(16)20-8-4-3-7-19(20)24/h3-14H,1-2H3/b15-12+. The molecule has 0 aliphatic carbocycles. The molecule has 0 radical (unpaired) electrons. The number of nitrogens with zero attached hydrogens (tertiary/aromatic N) is 1. The summed E-state index contributed by atoms with van der Waals surface area (Å²) < 4.78 is 31.9. The van der Waals surface area contributed by atoms with Gasteiger partial charge in [0.2, 0.25) is 0 Å². The van der Waals surface area contributed by atoms with E-state index in [9.17, 15) is 9.18 Å². The van der Waals surface area contributed by atoms with Crippen molar-refractivity contribution in [2.45, 2.75) is 0 Å². The van der Waals surface area contributed by atoms with Gasteiger partial charge in [-0.05, 0) is 48.6 Å². The molecule has 5 nitrogen and oxygen atoms in total. The van der Waals surface area contributed by atoms with Gasteiger partial charge in [0, 0.05) is 18.0 Å². The summed E-state index contributed by atoms with van der Waals surface area (Å²) in [6.45, 7) is 0. The first kappa shape index (κ1) is 18.6. The zero-order valence-corrected chi connectivity index (χ0v) is 15.9. The molecule has 3 aromatic rings. The van der Waals surface area contributed by atoms with E-state index in [1.807, 2.05) is 0 Å². The lowest BCUT2D eigenvalue weighted by Crippen LogP contribution is -2.01. The van der Waals surface area contributed by atoms with Crippen LogP contribution in [0.2, 0.25) is 0 Å². The fourth-order valence-corrected chi connectivity index (χ4v) is 3.16. The lowest BCUT2D eigenvalue weighted by molar-refractivity contribution is -0.130. The second kappa shape index (κ2) is 7.67. The second-order valence-electron chi connectivity index (χ2n) is 6.32. The summed E-state index contributed by atoms with van der Waals surface area (Å²) in [7, 11) is 3.10. The van der Waals surface area contributed by atoms with E-state index in [-0.39, 0.29) is 5.82 Å². The number of hydrogen-bond donors (Lipinski definition) is 0. The SMILES string of the molecule is COc1ccc(C2=C/C(=C\c3cccn3-c3ccccc3F)C(=O)O2)c(OC)c1. The van der Waals surface area contributed by atoms with Crippen LogP contribution in [0.3, 0.4) is 0 Å². The molecule has 0 fully saturated rings. The number of esters is 1. The monoisotopic (exact) mass is 391 g/mol. The van der Waals surface area contributed by atoms with Crippen LogP contribution in [-0.2, 0) is 9.53 Å². The van der Waals surface area contributed by atoms with E-state index in [4.69, 9.17) is 14.2 Å². The molecule has 0 saturated heterocycles. The minimum atomic E-state index is -0.487. The number of methoxy groups -OCH3 is 2. The molecule has 1 aliphatic rings. The predicted molar refractivity (Wildman–Crippen MR) is 107 cm³/mol. The summed E-state index contributed by atoms with van der Waals surface area (Å²) in [4.78, 5) is 12.4. The molecule has 0 spiro atoms. The number of rotatable bonds is 5. The Labute approximate surface area is 167 Å². The highest BCUT2D eigenvalue weighted by atomic mass is 19.1. The Kier molecular flexibility index (Phi) is 4.91. The van der Waals surface area contributed by atoms with Crippen molar-refractivity contribution in [2.75, 3.05) is 14.2 Å². The van der Waals surface area contributed by atoms with E-state index in [1.165, 1.54) is 13.2 Å². The zero-order chi connectivity index (χ0) is 20.4. The summed E-state index contributed by atoms with van der Waals surface area (Å²) in [6.07, 6.45) is 5.05. The van der Waals surface area contributed by atoms with Gasteiger partial charge >= 0.3 is 5.97 Å². The van der Waals surface area contributed by atoms with Crippen molar-refractivity contribution in [2.24, 2.45) is 0 Å². The highest BCUT2D eigenvalue weighted by Gasteiger charge is 2.25. The number of hydrogen-bond acceptors (Lipinski definition) is 4. The average molecular weight is 391 g/mol. The molecule has 2 heterocycles. The highest BCUT2D eigenvalue weighted by molar-refractivity contribution is 6.05. The Hall–Kier alpha value is -3.80. The first-order valence-electron chi connectivity index (χ1n) is 8.91. The van der Waals surface area contributed by atoms with Crippen LogP contribution in [0.1, 0.15) is 11.3 Å². The van der Waals surface area contributed by atoms with Crippen molar-refractivity contribution in [3.63, 3.8) is 0 Å². The van der Waals surface area contributed by atoms with E-state index >= 15 is 0 Å². The van der Waals surface area contributed by atoms with Gasteiger partial charge < -0.3 is 18.8 Å². The summed E-state index contributed by atoms with van der Waals surface area (Å²) in [5.74, 6) is 0.703. The Morgan fingerprint density at radius 2 is 1.86 bits per heavy atom. The molecular formula is C23H18FNO4. The van der Waals surface area contributed by atoms with Crippen molar-refractivity contribution in [3.8, 4) is 17.2 Å². The Bertz CT molecular complexity index is 1140. The maximum absolute atomic E-state index is 14.2. The third-order valence-corrected chi connectivity index (χ3v) is 4.59. The number of halogens is 1. The molecule has 0 amide bonds. The van der Waals surface area contributed by atoms with Gasteiger partial charge in [-0.3, -0.25) is 0 Å². The maximum atomic E-state index is 14.2. The van der Waals surface area contributed by atoms with Gasteiger partial charge in [-0.2, -0.15) is 0 Å². The van der Waals surface area contributed by atoms with Crippen molar-refractivity contribution >= 4 is 17.8 Å². The molecule has 0 bridgehead atoms. The molecule has 0 atom stereocenters. The molecule has 2 aromatic carbocycles. The van der Waals surface area contributed by atoms with Crippen LogP contribution >= 0.6 is 0 Å². The Balaban J connectivity index is 1.72. The summed E-state index contributed by atoms with van der Waals surface area (Å²) >= 11 is 0. The predicted octanol–water partition coefficient (Wildman–Crippen LogP) is 4.61. The fourth-order valence-electron chi connectivity index (χ4n) is 3.16. The molecule has 146 valence electrons. The summed E-state index contributed by atoms with van der Waals surface area (Å²) in [5, 5.41) is 0. The van der Waals surface area contributed by atoms with Gasteiger partial charge in [0.05, 0.1) is 31.0 Å². The van der Waals surface area contributed by atoms with Gasteiger partial charge in [0.1, 0.15) is 23.1 Å². The largest absolute Gasteiger partial charge is 0.497 e. The topological polar surface area (TPSA) is 49.7 Å². The molecule has 0 unspecified atom stereocenters. The number of carbonyl (C=O) groups excluding carboxylic acids is 1. The highest BCUT2D eigenvalue weighted by Crippen LogP contribution is 2.35. The quantitative estimate of drug-likeness (QED) is 0.471. The minimum absolute atomic E-state index is 0.350. The van der Waals surface area contributed by atoms with Gasteiger partial charge in [-0.25, -0.2) is 9.18 Å². The molecular weight excluding hydrogens is 373 g/mol. The fraction of sp³-hybridized carbons (Fsp3) is 0.0870. The van der Waals surface area contributed by atoms with Crippen LogP contribution in [-0.4, -0.2) is 24.8 Å². The molecule has 1 aromatic heterocycles. The van der Waals surface area contributed by atoms with Gasteiger partial charge in [0.25, 0.3) is 0 Å². The number of aromatic nitrogens is 1. The van der Waals surface area contributed by atoms with E-state index in [0.717, 1.165) is 0 Å². The van der Waals surface area contributed by atoms with Crippen LogP contribution in [0.4, 0.5) is 4.39 Å². The third-order valence-electron chi connectivity index (χ3n) is 4.59. The lowest BCUT2D eigenvalue weighted by atomic mass is 10.1. The number of ether oxygens (including phenoxy) is 3. The first-order chi connectivity index (χ1) is 14.1. The molecule has 0 saturated carbocycles. The molecule has 6 heteroatoms. The van der Waals surface area contributed by atoms with Crippen LogP contribution in [0.5, 0.6) is 11.5 Å². The van der Waals surface area contributed by atoms with Gasteiger partial charge in [-0.1, -0.05) is 12.1 Å². The molecule has 4 rings (SSSR count). The normalized spacial score (nSPS) is 14.7. The number of cyclic esters (lactones) is 1. The van der Waals surface area contributed by atoms with Crippen LogP contribution in [0.15, 0.2) is 72.4 Å². The third kappa shape index (κ3) is 3.52. The minimum Gasteiger partial charge on any atom is -0.497 e. The molecule has 29 heavy (non-hydrogen) atoms.